The van der Waals surface area contributed by atoms with Gasteiger partial charge in [-0.3, -0.25) is 5.41 Å². The molecule has 0 atom stereocenters. The van der Waals surface area contributed by atoms with Crippen molar-refractivity contribution in [3.63, 3.8) is 0 Å². The lowest BCUT2D eigenvalue weighted by Gasteiger charge is -2.35. The number of nitrogens with two attached hydrogens (primary N) is 1. The molecule has 1 saturated heterocycles. The highest BCUT2D eigenvalue weighted by Gasteiger charge is 2.29. The van der Waals surface area contributed by atoms with E-state index in [1.165, 1.54) is 0 Å². The second kappa shape index (κ2) is 8.82. The summed E-state index contributed by atoms with van der Waals surface area (Å²) in [5, 5.41) is 9.41. The van der Waals surface area contributed by atoms with E-state index in [9.17, 15) is 0 Å². The molecule has 0 unspecified atom stereocenters. The van der Waals surface area contributed by atoms with E-state index in [0.29, 0.717) is 16.5 Å². The lowest BCUT2D eigenvalue weighted by Crippen LogP contribution is -2.41. The van der Waals surface area contributed by atoms with E-state index in [2.05, 4.69) is 16.0 Å². The molecule has 0 aliphatic carbocycles. The summed E-state index contributed by atoms with van der Waals surface area (Å²) in [5.41, 5.74) is 9.97. The van der Waals surface area contributed by atoms with Crippen LogP contribution in [0.25, 0.3) is 11.1 Å². The van der Waals surface area contributed by atoms with Crippen LogP contribution in [-0.2, 0) is 4.74 Å². The number of benzene rings is 1. The van der Waals surface area contributed by atoms with E-state index in [0.717, 1.165) is 48.3 Å². The largest absolute Gasteiger partial charge is 0.480 e. The molecule has 1 aromatic carbocycles. The molecule has 30 heavy (non-hydrogen) atoms. The van der Waals surface area contributed by atoms with E-state index in [1.54, 1.807) is 13.3 Å². The second-order valence-electron chi connectivity index (χ2n) is 8.79. The minimum atomic E-state index is -0.522. The highest BCUT2D eigenvalue weighted by Crippen LogP contribution is 2.40. The molecule has 1 aliphatic rings. The van der Waals surface area contributed by atoms with Gasteiger partial charge in [0.2, 0.25) is 11.8 Å². The summed E-state index contributed by atoms with van der Waals surface area (Å²) in [6.07, 6.45) is 3.55. The van der Waals surface area contributed by atoms with Gasteiger partial charge in [-0.05, 0) is 63.8 Å². The highest BCUT2D eigenvalue weighted by molar-refractivity contribution is 6.31. The van der Waals surface area contributed by atoms with Crippen LogP contribution in [0.4, 0.5) is 5.69 Å². The minimum Gasteiger partial charge on any atom is -0.480 e. The van der Waals surface area contributed by atoms with Gasteiger partial charge in [-0.15, -0.1) is 0 Å². The number of rotatable bonds is 4. The Hall–Kier alpha value is -2.31. The van der Waals surface area contributed by atoms with Crippen molar-refractivity contribution in [3.8, 4) is 17.0 Å². The van der Waals surface area contributed by atoms with Crippen LogP contribution in [0.1, 0.15) is 44.7 Å². The number of aromatic nitrogens is 1. The van der Waals surface area contributed by atoms with E-state index >= 15 is 0 Å². The molecule has 3 N–H and O–H groups in total. The predicted octanol–water partition coefficient (Wildman–Crippen LogP) is 4.79. The summed E-state index contributed by atoms with van der Waals surface area (Å²) in [5.74, 6) is 0.411. The average molecular weight is 431 g/mol. The number of methoxy groups -OCH3 is 1. The zero-order chi connectivity index (χ0) is 22.1. The second-order valence-corrected chi connectivity index (χ2v) is 9.23. The molecular formula is C23H31ClN4O2. The van der Waals surface area contributed by atoms with Gasteiger partial charge >= 0.3 is 0 Å². The number of nitrogens with zero attached hydrogens (tertiary/aromatic N) is 2. The molecule has 0 amide bonds. The van der Waals surface area contributed by atoms with Gasteiger partial charge in [0.05, 0.1) is 12.8 Å². The lowest BCUT2D eigenvalue weighted by atomic mass is 9.97. The summed E-state index contributed by atoms with van der Waals surface area (Å²) in [7, 11) is 1.56. The number of hydrogen-bond acceptors (Lipinski definition) is 6. The number of aryl methyl sites for hydroxylation is 1. The third kappa shape index (κ3) is 5.05. The van der Waals surface area contributed by atoms with Crippen LogP contribution in [0, 0.1) is 12.3 Å². The van der Waals surface area contributed by atoms with Gasteiger partial charge in [-0.25, -0.2) is 4.98 Å². The first-order valence-electron chi connectivity index (χ1n) is 10.2. The topological polar surface area (TPSA) is 84.5 Å². The monoisotopic (exact) mass is 430 g/mol. The molecule has 1 aliphatic heterocycles. The van der Waals surface area contributed by atoms with Gasteiger partial charge < -0.3 is 20.1 Å². The number of halogens is 1. The van der Waals surface area contributed by atoms with E-state index in [1.807, 2.05) is 39.8 Å². The first-order valence-corrected chi connectivity index (χ1v) is 10.6. The zero-order valence-corrected chi connectivity index (χ0v) is 19.1. The standard InChI is InChI=1S/C23H31ClN4O2/c1-14-10-15(12-16(24)11-14)18-13-27-22(29-5)19(21(26)30-23(2,3)4)20(18)28-8-6-17(25)7-9-28/h10-13,17,26H,6-9,25H2,1-5H3. The summed E-state index contributed by atoms with van der Waals surface area (Å²) in [6, 6.07) is 6.12. The van der Waals surface area contributed by atoms with E-state index < -0.39 is 5.60 Å². The number of hydrogen-bond donors (Lipinski definition) is 2. The number of ether oxygens (including phenoxy) is 2. The molecular weight excluding hydrogens is 400 g/mol. The molecule has 6 nitrogen and oxygen atoms in total. The number of anilines is 1. The van der Waals surface area contributed by atoms with Crippen molar-refractivity contribution in [1.82, 2.24) is 4.98 Å². The fourth-order valence-corrected chi connectivity index (χ4v) is 4.05. The summed E-state index contributed by atoms with van der Waals surface area (Å²) < 4.78 is 11.5. The van der Waals surface area contributed by atoms with Crippen molar-refractivity contribution in [2.75, 3.05) is 25.1 Å². The van der Waals surface area contributed by atoms with Gasteiger partial charge in [-0.1, -0.05) is 17.7 Å². The molecule has 2 heterocycles. The van der Waals surface area contributed by atoms with Crippen LogP contribution in [0.15, 0.2) is 24.4 Å². The fourth-order valence-electron chi connectivity index (χ4n) is 3.76. The number of nitrogens with one attached hydrogen (secondary N) is 1. The van der Waals surface area contributed by atoms with Crippen molar-refractivity contribution >= 4 is 23.2 Å². The van der Waals surface area contributed by atoms with Crippen LogP contribution < -0.4 is 15.4 Å². The molecule has 0 spiro atoms. The minimum absolute atomic E-state index is 0.0392. The van der Waals surface area contributed by atoms with Crippen molar-refractivity contribution in [3.05, 3.63) is 40.5 Å². The van der Waals surface area contributed by atoms with Crippen molar-refractivity contribution in [1.29, 1.82) is 5.41 Å². The van der Waals surface area contributed by atoms with Gasteiger partial charge in [0, 0.05) is 35.9 Å². The fraction of sp³-hybridized carbons (Fsp3) is 0.478. The van der Waals surface area contributed by atoms with Crippen LogP contribution in [0.3, 0.4) is 0 Å². The molecule has 3 rings (SSSR count). The molecule has 0 saturated carbocycles. The maximum absolute atomic E-state index is 8.75. The molecule has 7 heteroatoms. The Morgan fingerprint density at radius 3 is 2.47 bits per heavy atom. The van der Waals surface area contributed by atoms with E-state index in [4.69, 9.17) is 32.2 Å². The highest BCUT2D eigenvalue weighted by atomic mass is 35.5. The van der Waals surface area contributed by atoms with Gasteiger partial charge in [-0.2, -0.15) is 0 Å². The SMILES string of the molecule is COc1ncc(-c2cc(C)cc(Cl)c2)c(N2CCC(N)CC2)c1C(=N)OC(C)(C)C. The molecule has 0 radical (unpaired) electrons. The number of piperidine rings is 1. The first-order chi connectivity index (χ1) is 14.1. The predicted molar refractivity (Wildman–Crippen MR) is 123 cm³/mol. The molecule has 1 fully saturated rings. The van der Waals surface area contributed by atoms with Crippen LogP contribution in [0.2, 0.25) is 5.02 Å². The summed E-state index contributed by atoms with van der Waals surface area (Å²) in [6.45, 7) is 9.35. The molecule has 1 aromatic heterocycles. The van der Waals surface area contributed by atoms with Gasteiger partial charge in [0.25, 0.3) is 0 Å². The normalized spacial score (nSPS) is 15.2. The lowest BCUT2D eigenvalue weighted by molar-refractivity contribution is 0.116. The Labute approximate surface area is 183 Å². The zero-order valence-electron chi connectivity index (χ0n) is 18.4. The Bertz CT molecular complexity index is 911. The Morgan fingerprint density at radius 2 is 1.90 bits per heavy atom. The first kappa shape index (κ1) is 22.4. The average Bonchev–Trinajstić information content (AvgIpc) is 2.65. The Kier molecular flexibility index (Phi) is 6.58. The number of pyridine rings is 1. The third-order valence-electron chi connectivity index (χ3n) is 5.05. The quantitative estimate of drug-likeness (QED) is 0.538. The summed E-state index contributed by atoms with van der Waals surface area (Å²) >= 11 is 6.36. The van der Waals surface area contributed by atoms with Crippen molar-refractivity contribution < 1.29 is 9.47 Å². The van der Waals surface area contributed by atoms with E-state index in [-0.39, 0.29) is 11.9 Å². The smallest absolute Gasteiger partial charge is 0.228 e. The summed E-state index contributed by atoms with van der Waals surface area (Å²) in [4.78, 5) is 6.78. The van der Waals surface area contributed by atoms with Gasteiger partial charge in [0.1, 0.15) is 11.2 Å². The van der Waals surface area contributed by atoms with Crippen molar-refractivity contribution in [2.45, 2.75) is 52.2 Å². The molecule has 162 valence electrons. The maximum Gasteiger partial charge on any atom is 0.228 e. The van der Waals surface area contributed by atoms with Gasteiger partial charge in [0.15, 0.2) is 0 Å². The molecule has 0 bridgehead atoms. The molecule has 2 aromatic rings. The Morgan fingerprint density at radius 1 is 1.23 bits per heavy atom. The van der Waals surface area contributed by atoms with Crippen LogP contribution >= 0.6 is 11.6 Å². The van der Waals surface area contributed by atoms with Crippen molar-refractivity contribution in [2.24, 2.45) is 5.73 Å². The third-order valence-corrected chi connectivity index (χ3v) is 5.27. The maximum atomic E-state index is 8.75. The van der Waals surface area contributed by atoms with Crippen LogP contribution in [-0.4, -0.2) is 42.7 Å². The Balaban J connectivity index is 2.24. The van der Waals surface area contributed by atoms with Crippen LogP contribution in [0.5, 0.6) is 5.88 Å².